The fourth-order valence-corrected chi connectivity index (χ4v) is 3.28. The smallest absolute Gasteiger partial charge is 0.249 e. The largest absolute Gasteiger partial charge is 0.383 e. The predicted octanol–water partition coefficient (Wildman–Crippen LogP) is 2.61. The normalized spacial score (nSPS) is 11.8. The average molecular weight is 383 g/mol. The number of fused-ring (bicyclic) bond motifs is 1. The van der Waals surface area contributed by atoms with Crippen molar-refractivity contribution in [3.63, 3.8) is 0 Å². The minimum Gasteiger partial charge on any atom is -0.383 e. The standard InChI is InChI=1S/C18H14FN5O2S/c1-27(25,26)18-21-15(11-6-5-7-12(19)10-11)14-16(20)24(23-17(14)22-18)13-8-3-2-4-9-13/h2-10H,20H2,1H3. The van der Waals surface area contributed by atoms with Crippen molar-refractivity contribution in [3.8, 4) is 16.9 Å². The van der Waals surface area contributed by atoms with Crippen LogP contribution in [0, 0.1) is 5.82 Å². The van der Waals surface area contributed by atoms with Gasteiger partial charge in [-0.15, -0.1) is 5.10 Å². The van der Waals surface area contributed by atoms with Gasteiger partial charge in [0.1, 0.15) is 11.6 Å². The molecule has 2 N–H and O–H groups in total. The van der Waals surface area contributed by atoms with Crippen LogP contribution in [0.25, 0.3) is 28.0 Å². The molecule has 0 fully saturated rings. The van der Waals surface area contributed by atoms with Crippen molar-refractivity contribution in [1.29, 1.82) is 0 Å². The van der Waals surface area contributed by atoms with Gasteiger partial charge in [0, 0.05) is 11.8 Å². The zero-order valence-electron chi connectivity index (χ0n) is 14.2. The van der Waals surface area contributed by atoms with Crippen LogP contribution in [0.5, 0.6) is 0 Å². The molecule has 0 bridgehead atoms. The van der Waals surface area contributed by atoms with E-state index in [4.69, 9.17) is 5.73 Å². The van der Waals surface area contributed by atoms with Gasteiger partial charge >= 0.3 is 0 Å². The highest BCUT2D eigenvalue weighted by atomic mass is 32.2. The maximum atomic E-state index is 13.7. The number of sulfone groups is 1. The molecule has 0 aliphatic heterocycles. The number of aromatic nitrogens is 4. The van der Waals surface area contributed by atoms with Gasteiger partial charge in [0.15, 0.2) is 5.65 Å². The number of halogens is 1. The van der Waals surface area contributed by atoms with Crippen LogP contribution in [0.15, 0.2) is 59.8 Å². The van der Waals surface area contributed by atoms with Crippen molar-refractivity contribution in [3.05, 3.63) is 60.4 Å². The SMILES string of the molecule is CS(=O)(=O)c1nc(-c2cccc(F)c2)c2c(N)n(-c3ccccc3)nc2n1. The summed E-state index contributed by atoms with van der Waals surface area (Å²) in [7, 11) is -3.71. The molecule has 0 unspecified atom stereocenters. The third-order valence-corrected chi connectivity index (χ3v) is 4.82. The molecule has 0 saturated carbocycles. The van der Waals surface area contributed by atoms with Crippen molar-refractivity contribution < 1.29 is 12.8 Å². The summed E-state index contributed by atoms with van der Waals surface area (Å²) in [5, 5.41) is 4.31. The average Bonchev–Trinajstić information content (AvgIpc) is 2.98. The third-order valence-electron chi connectivity index (χ3n) is 3.98. The molecular weight excluding hydrogens is 369 g/mol. The van der Waals surface area contributed by atoms with Crippen LogP contribution in [-0.4, -0.2) is 34.4 Å². The number of benzene rings is 2. The molecule has 4 aromatic rings. The number of hydrogen-bond acceptors (Lipinski definition) is 6. The molecule has 0 atom stereocenters. The van der Waals surface area contributed by atoms with E-state index in [0.717, 1.165) is 6.26 Å². The van der Waals surface area contributed by atoms with Crippen molar-refractivity contribution in [2.24, 2.45) is 0 Å². The summed E-state index contributed by atoms with van der Waals surface area (Å²) >= 11 is 0. The molecule has 0 spiro atoms. The van der Waals surface area contributed by atoms with E-state index in [1.54, 1.807) is 18.2 Å². The molecule has 0 radical (unpaired) electrons. The summed E-state index contributed by atoms with van der Waals surface area (Å²) < 4.78 is 39.2. The highest BCUT2D eigenvalue weighted by molar-refractivity contribution is 7.90. The fraction of sp³-hybridized carbons (Fsp3) is 0.0556. The summed E-state index contributed by atoms with van der Waals surface area (Å²) in [5.74, 6) is -0.246. The van der Waals surface area contributed by atoms with Crippen LogP contribution in [0.1, 0.15) is 0 Å². The van der Waals surface area contributed by atoms with Gasteiger partial charge < -0.3 is 5.73 Å². The summed E-state index contributed by atoms with van der Waals surface area (Å²) in [5.41, 5.74) is 7.67. The van der Waals surface area contributed by atoms with Crippen molar-refractivity contribution in [2.75, 3.05) is 12.0 Å². The van der Waals surface area contributed by atoms with E-state index in [9.17, 15) is 12.8 Å². The zero-order valence-corrected chi connectivity index (χ0v) is 15.0. The molecule has 7 nitrogen and oxygen atoms in total. The molecule has 9 heteroatoms. The number of anilines is 1. The Morgan fingerprint density at radius 2 is 1.78 bits per heavy atom. The number of rotatable bonds is 3. The van der Waals surface area contributed by atoms with Crippen LogP contribution >= 0.6 is 0 Å². The van der Waals surface area contributed by atoms with Gasteiger partial charge in [-0.05, 0) is 24.3 Å². The minimum absolute atomic E-state index is 0.117. The predicted molar refractivity (Wildman–Crippen MR) is 99.6 cm³/mol. The summed E-state index contributed by atoms with van der Waals surface area (Å²) in [6, 6.07) is 14.8. The Morgan fingerprint density at radius 1 is 1.04 bits per heavy atom. The van der Waals surface area contributed by atoms with Crippen molar-refractivity contribution in [1.82, 2.24) is 19.7 Å². The molecule has 2 aromatic heterocycles. The second kappa shape index (κ2) is 6.13. The van der Waals surface area contributed by atoms with E-state index in [1.807, 2.05) is 18.2 Å². The summed E-state index contributed by atoms with van der Waals surface area (Å²) in [4.78, 5) is 8.21. The van der Waals surface area contributed by atoms with E-state index in [1.165, 1.54) is 22.9 Å². The lowest BCUT2D eigenvalue weighted by Crippen LogP contribution is -2.06. The van der Waals surface area contributed by atoms with E-state index in [-0.39, 0.29) is 17.2 Å². The second-order valence-corrected chi connectivity index (χ2v) is 7.88. The Labute approximate surface area is 154 Å². The molecular formula is C18H14FN5O2S. The molecule has 136 valence electrons. The summed E-state index contributed by atoms with van der Waals surface area (Å²) in [6.07, 6.45) is 1.00. The lowest BCUT2D eigenvalue weighted by molar-refractivity contribution is 0.593. The minimum atomic E-state index is -3.71. The van der Waals surface area contributed by atoms with Crippen LogP contribution in [-0.2, 0) is 9.84 Å². The first-order valence-electron chi connectivity index (χ1n) is 7.92. The van der Waals surface area contributed by atoms with Crippen LogP contribution in [0.4, 0.5) is 10.2 Å². The Morgan fingerprint density at radius 3 is 2.44 bits per heavy atom. The van der Waals surface area contributed by atoms with E-state index < -0.39 is 20.8 Å². The lowest BCUT2D eigenvalue weighted by atomic mass is 10.1. The first kappa shape index (κ1) is 17.1. The van der Waals surface area contributed by atoms with Gasteiger partial charge in [-0.2, -0.15) is 4.98 Å². The number of nitrogens with zero attached hydrogens (tertiary/aromatic N) is 4. The zero-order chi connectivity index (χ0) is 19.2. The van der Waals surface area contributed by atoms with Crippen molar-refractivity contribution >= 4 is 26.7 Å². The molecule has 0 aliphatic rings. The lowest BCUT2D eigenvalue weighted by Gasteiger charge is -2.06. The van der Waals surface area contributed by atoms with Gasteiger partial charge in [0.2, 0.25) is 15.0 Å². The first-order valence-corrected chi connectivity index (χ1v) is 9.81. The summed E-state index contributed by atoms with van der Waals surface area (Å²) in [6.45, 7) is 0. The van der Waals surface area contributed by atoms with E-state index in [2.05, 4.69) is 15.1 Å². The molecule has 2 heterocycles. The molecule has 0 saturated heterocycles. The maximum Gasteiger partial charge on any atom is 0.249 e. The maximum absolute atomic E-state index is 13.7. The van der Waals surface area contributed by atoms with Gasteiger partial charge in [0.25, 0.3) is 0 Å². The Balaban J connectivity index is 2.10. The Kier molecular flexibility index (Phi) is 3.88. The molecule has 0 amide bonds. The van der Waals surface area contributed by atoms with Gasteiger partial charge in [-0.3, -0.25) is 0 Å². The molecule has 27 heavy (non-hydrogen) atoms. The first-order chi connectivity index (χ1) is 12.8. The topological polar surface area (TPSA) is 104 Å². The molecule has 4 rings (SSSR count). The number of hydrogen-bond donors (Lipinski definition) is 1. The Hall–Kier alpha value is -3.33. The number of nitrogen functional groups attached to an aromatic ring is 1. The number of nitrogens with two attached hydrogens (primary N) is 1. The quantitative estimate of drug-likeness (QED) is 0.546. The Bertz CT molecular complexity index is 1270. The van der Waals surface area contributed by atoms with Crippen LogP contribution in [0.2, 0.25) is 0 Å². The van der Waals surface area contributed by atoms with Gasteiger partial charge in [-0.25, -0.2) is 22.5 Å². The highest BCUT2D eigenvalue weighted by Crippen LogP contribution is 2.32. The molecule has 2 aromatic carbocycles. The third kappa shape index (κ3) is 3.02. The monoisotopic (exact) mass is 383 g/mol. The second-order valence-electron chi connectivity index (χ2n) is 5.97. The highest BCUT2D eigenvalue weighted by Gasteiger charge is 2.22. The van der Waals surface area contributed by atoms with Gasteiger partial charge in [0.05, 0.1) is 16.8 Å². The van der Waals surface area contributed by atoms with E-state index in [0.29, 0.717) is 16.6 Å². The van der Waals surface area contributed by atoms with Crippen molar-refractivity contribution in [2.45, 2.75) is 5.16 Å². The van der Waals surface area contributed by atoms with Gasteiger partial charge in [-0.1, -0.05) is 30.3 Å². The fourth-order valence-electron chi connectivity index (χ4n) is 2.77. The van der Waals surface area contributed by atoms with E-state index >= 15 is 0 Å². The van der Waals surface area contributed by atoms with Crippen LogP contribution in [0.3, 0.4) is 0 Å². The molecule has 0 aliphatic carbocycles. The van der Waals surface area contributed by atoms with Crippen LogP contribution < -0.4 is 5.73 Å². The number of para-hydroxylation sites is 1.